The lowest BCUT2D eigenvalue weighted by Gasteiger charge is -2.02. The van der Waals surface area contributed by atoms with Crippen LogP contribution in [0.25, 0.3) is 12.2 Å². The molecule has 0 amide bonds. The summed E-state index contributed by atoms with van der Waals surface area (Å²) in [6.45, 7) is 0. The molecule has 0 unspecified atom stereocenters. The molecule has 22 heavy (non-hydrogen) atoms. The summed E-state index contributed by atoms with van der Waals surface area (Å²) in [6, 6.07) is 4.48. The number of carboxylic acid groups (broad SMARTS) is 2. The molecule has 7 nitrogen and oxygen atoms in total. The second-order valence-corrected chi connectivity index (χ2v) is 4.54. The highest BCUT2D eigenvalue weighted by Gasteiger charge is 2.11. The van der Waals surface area contributed by atoms with Crippen LogP contribution >= 0.6 is 11.6 Å². The van der Waals surface area contributed by atoms with Crippen molar-refractivity contribution >= 4 is 35.7 Å². The SMILES string of the molecule is O=C(O)c1cccc(C=Cc2ncc(C(=O)O)c(=O)[nH]2)c1Cl. The Morgan fingerprint density at radius 1 is 1.14 bits per heavy atom. The molecule has 0 aliphatic carbocycles. The monoisotopic (exact) mass is 320 g/mol. The van der Waals surface area contributed by atoms with Gasteiger partial charge in [0.05, 0.1) is 10.6 Å². The lowest BCUT2D eigenvalue weighted by atomic mass is 10.1. The van der Waals surface area contributed by atoms with E-state index in [1.807, 2.05) is 0 Å². The highest BCUT2D eigenvalue weighted by atomic mass is 35.5. The number of carbonyl (C=O) groups is 2. The molecule has 0 fully saturated rings. The van der Waals surface area contributed by atoms with Gasteiger partial charge in [-0.2, -0.15) is 0 Å². The van der Waals surface area contributed by atoms with E-state index in [9.17, 15) is 14.4 Å². The van der Waals surface area contributed by atoms with Crippen molar-refractivity contribution in [2.24, 2.45) is 0 Å². The van der Waals surface area contributed by atoms with Gasteiger partial charge in [0.25, 0.3) is 5.56 Å². The Morgan fingerprint density at radius 3 is 2.41 bits per heavy atom. The van der Waals surface area contributed by atoms with Crippen LogP contribution in [0.15, 0.2) is 29.2 Å². The minimum Gasteiger partial charge on any atom is -0.478 e. The zero-order valence-electron chi connectivity index (χ0n) is 10.9. The van der Waals surface area contributed by atoms with E-state index < -0.39 is 23.1 Å². The summed E-state index contributed by atoms with van der Waals surface area (Å²) in [4.78, 5) is 39.2. The molecule has 8 heteroatoms. The Morgan fingerprint density at radius 2 is 1.82 bits per heavy atom. The Bertz CT molecular complexity index is 841. The first-order valence-corrected chi connectivity index (χ1v) is 6.30. The Balaban J connectivity index is 2.35. The standard InChI is InChI=1S/C14H9ClN2O5/c15-11-7(2-1-3-8(11)13(19)20)4-5-10-16-6-9(14(21)22)12(18)17-10/h1-6H,(H,19,20)(H,21,22)(H,16,17,18). The molecule has 0 atom stereocenters. The van der Waals surface area contributed by atoms with Gasteiger partial charge in [0.2, 0.25) is 0 Å². The maximum Gasteiger partial charge on any atom is 0.342 e. The Kier molecular flexibility index (Phi) is 4.38. The van der Waals surface area contributed by atoms with E-state index in [0.717, 1.165) is 6.20 Å². The molecule has 1 heterocycles. The molecule has 112 valence electrons. The minimum atomic E-state index is -1.37. The largest absolute Gasteiger partial charge is 0.478 e. The van der Waals surface area contributed by atoms with Crippen LogP contribution in [0.5, 0.6) is 0 Å². The van der Waals surface area contributed by atoms with Gasteiger partial charge < -0.3 is 15.2 Å². The lowest BCUT2D eigenvalue weighted by molar-refractivity contribution is 0.0684. The van der Waals surface area contributed by atoms with Crippen LogP contribution < -0.4 is 5.56 Å². The quantitative estimate of drug-likeness (QED) is 0.792. The summed E-state index contributed by atoms with van der Waals surface area (Å²) in [5.41, 5.74) is -0.881. The van der Waals surface area contributed by atoms with E-state index in [1.54, 1.807) is 6.07 Å². The van der Waals surface area contributed by atoms with Crippen LogP contribution in [0.4, 0.5) is 0 Å². The van der Waals surface area contributed by atoms with Gasteiger partial charge in [-0.1, -0.05) is 23.7 Å². The lowest BCUT2D eigenvalue weighted by Crippen LogP contribution is -2.18. The first-order chi connectivity index (χ1) is 10.4. The van der Waals surface area contributed by atoms with E-state index in [4.69, 9.17) is 21.8 Å². The summed E-state index contributed by atoms with van der Waals surface area (Å²) in [6.07, 6.45) is 3.80. The van der Waals surface area contributed by atoms with Crippen molar-refractivity contribution in [3.8, 4) is 0 Å². The van der Waals surface area contributed by atoms with Crippen molar-refractivity contribution in [1.82, 2.24) is 9.97 Å². The third kappa shape index (κ3) is 3.21. The second kappa shape index (κ2) is 6.23. The summed E-state index contributed by atoms with van der Waals surface area (Å²) in [7, 11) is 0. The highest BCUT2D eigenvalue weighted by molar-refractivity contribution is 6.35. The molecule has 0 saturated carbocycles. The first-order valence-electron chi connectivity index (χ1n) is 5.92. The van der Waals surface area contributed by atoms with Crippen LogP contribution in [-0.4, -0.2) is 32.1 Å². The number of hydrogen-bond acceptors (Lipinski definition) is 4. The third-order valence-corrected chi connectivity index (χ3v) is 3.15. The summed E-state index contributed by atoms with van der Waals surface area (Å²) >= 11 is 5.97. The molecule has 0 spiro atoms. The molecule has 0 radical (unpaired) electrons. The number of nitrogens with one attached hydrogen (secondary N) is 1. The predicted molar refractivity (Wildman–Crippen MR) is 79.2 cm³/mol. The highest BCUT2D eigenvalue weighted by Crippen LogP contribution is 2.22. The van der Waals surface area contributed by atoms with Crippen molar-refractivity contribution < 1.29 is 19.8 Å². The number of hydrogen-bond donors (Lipinski definition) is 3. The van der Waals surface area contributed by atoms with E-state index >= 15 is 0 Å². The molecule has 0 saturated heterocycles. The number of aromatic carboxylic acids is 2. The molecular weight excluding hydrogens is 312 g/mol. The van der Waals surface area contributed by atoms with Crippen molar-refractivity contribution in [3.05, 3.63) is 62.3 Å². The second-order valence-electron chi connectivity index (χ2n) is 4.16. The fourth-order valence-corrected chi connectivity index (χ4v) is 1.93. The van der Waals surface area contributed by atoms with Crippen LogP contribution in [0, 0.1) is 0 Å². The average Bonchev–Trinajstić information content (AvgIpc) is 2.45. The van der Waals surface area contributed by atoms with Gasteiger partial charge in [0.1, 0.15) is 11.4 Å². The minimum absolute atomic E-state index is 0.0495. The maximum atomic E-state index is 11.5. The molecular formula is C14H9ClN2O5. The molecule has 0 aliphatic heterocycles. The molecule has 0 aliphatic rings. The van der Waals surface area contributed by atoms with Crippen LogP contribution in [0.2, 0.25) is 5.02 Å². The van der Waals surface area contributed by atoms with Gasteiger partial charge in [0.15, 0.2) is 0 Å². The molecule has 3 N–H and O–H groups in total. The fraction of sp³-hybridized carbons (Fsp3) is 0. The number of carboxylic acids is 2. The van der Waals surface area contributed by atoms with Gasteiger partial charge >= 0.3 is 11.9 Å². The number of rotatable bonds is 4. The summed E-state index contributed by atoms with van der Waals surface area (Å²) < 4.78 is 0. The van der Waals surface area contributed by atoms with Crippen molar-refractivity contribution in [1.29, 1.82) is 0 Å². The fourth-order valence-electron chi connectivity index (χ4n) is 1.66. The number of benzene rings is 1. The van der Waals surface area contributed by atoms with E-state index in [-0.39, 0.29) is 16.4 Å². The molecule has 1 aromatic carbocycles. The molecule has 0 bridgehead atoms. The normalized spacial score (nSPS) is 10.8. The number of H-pyrrole nitrogens is 1. The van der Waals surface area contributed by atoms with Crippen LogP contribution in [0.3, 0.4) is 0 Å². The van der Waals surface area contributed by atoms with Gasteiger partial charge in [-0.05, 0) is 23.8 Å². The van der Waals surface area contributed by atoms with E-state index in [2.05, 4.69) is 9.97 Å². The predicted octanol–water partition coefficient (Wildman–Crippen LogP) is 1.99. The number of nitrogens with zero attached hydrogens (tertiary/aromatic N) is 1. The maximum absolute atomic E-state index is 11.5. The van der Waals surface area contributed by atoms with E-state index in [0.29, 0.717) is 5.56 Å². The van der Waals surface area contributed by atoms with Gasteiger partial charge in [-0.25, -0.2) is 14.6 Å². The van der Waals surface area contributed by atoms with Gasteiger partial charge in [0, 0.05) is 6.20 Å². The van der Waals surface area contributed by atoms with Crippen molar-refractivity contribution in [2.45, 2.75) is 0 Å². The van der Waals surface area contributed by atoms with Crippen LogP contribution in [0.1, 0.15) is 32.1 Å². The summed E-state index contributed by atoms with van der Waals surface area (Å²) in [5, 5.41) is 17.8. The number of halogens is 1. The number of aromatic nitrogens is 2. The third-order valence-electron chi connectivity index (χ3n) is 2.73. The zero-order valence-corrected chi connectivity index (χ0v) is 11.7. The topological polar surface area (TPSA) is 120 Å². The van der Waals surface area contributed by atoms with Crippen molar-refractivity contribution in [3.63, 3.8) is 0 Å². The Labute approximate surface area is 128 Å². The number of aromatic amines is 1. The summed E-state index contributed by atoms with van der Waals surface area (Å²) in [5.74, 6) is -2.41. The van der Waals surface area contributed by atoms with Crippen LogP contribution in [-0.2, 0) is 0 Å². The first kappa shape index (κ1) is 15.5. The van der Waals surface area contributed by atoms with Gasteiger partial charge in [-0.3, -0.25) is 4.79 Å². The van der Waals surface area contributed by atoms with Gasteiger partial charge in [-0.15, -0.1) is 0 Å². The smallest absolute Gasteiger partial charge is 0.342 e. The molecule has 1 aromatic heterocycles. The van der Waals surface area contributed by atoms with Crippen molar-refractivity contribution in [2.75, 3.05) is 0 Å². The zero-order chi connectivity index (χ0) is 16.3. The van der Waals surface area contributed by atoms with E-state index in [1.165, 1.54) is 24.3 Å². The molecule has 2 aromatic rings. The average molecular weight is 321 g/mol. The Hall–Kier alpha value is -2.93. The molecule has 2 rings (SSSR count).